The van der Waals surface area contributed by atoms with Gasteiger partial charge in [-0.2, -0.15) is 0 Å². The summed E-state index contributed by atoms with van der Waals surface area (Å²) < 4.78 is 16.7. The van der Waals surface area contributed by atoms with Gasteiger partial charge in [0.2, 0.25) is 0 Å². The molecule has 0 aliphatic carbocycles. The Morgan fingerprint density at radius 3 is 2.40 bits per heavy atom. The molecule has 43 heavy (non-hydrogen) atoms. The molecular formula is C31H42N4O8. The fourth-order valence-corrected chi connectivity index (χ4v) is 5.35. The maximum Gasteiger partial charge on any atom is 0.404 e. The molecule has 12 heteroatoms. The van der Waals surface area contributed by atoms with E-state index in [-0.39, 0.29) is 35.2 Å². The zero-order chi connectivity index (χ0) is 31.8. The van der Waals surface area contributed by atoms with Gasteiger partial charge in [0.05, 0.1) is 11.4 Å². The van der Waals surface area contributed by atoms with Crippen LogP contribution in [0.2, 0.25) is 0 Å². The SMILES string of the molecule is CO[C@H]1C/C(C)=C\c2c(O)c(cc(O)c2N2CCC2)NC(=O)/C(C)=C/C=C\[C@H](OC)[C@@H](OC(N)=O)C(C)C/C(C)=C\1N=O. The number of anilines is 2. The highest BCUT2D eigenvalue weighted by Crippen LogP contribution is 2.45. The summed E-state index contributed by atoms with van der Waals surface area (Å²) in [5.41, 5.74) is 8.05. The van der Waals surface area contributed by atoms with Gasteiger partial charge in [0.15, 0.2) is 0 Å². The molecule has 2 amide bonds. The number of carbonyl (C=O) groups is 2. The molecule has 1 aromatic rings. The van der Waals surface area contributed by atoms with Crippen LogP contribution in [0.25, 0.3) is 6.08 Å². The second kappa shape index (κ2) is 14.8. The van der Waals surface area contributed by atoms with Crippen LogP contribution in [0, 0.1) is 10.8 Å². The van der Waals surface area contributed by atoms with Gasteiger partial charge in [-0.1, -0.05) is 30.7 Å². The van der Waals surface area contributed by atoms with E-state index in [4.69, 9.17) is 19.9 Å². The van der Waals surface area contributed by atoms with Crippen LogP contribution in [0.4, 0.5) is 16.2 Å². The number of phenolic OH excluding ortho intramolecular Hbond substituents is 2. The molecule has 234 valence electrons. The van der Waals surface area contributed by atoms with Gasteiger partial charge in [0.1, 0.15) is 35.5 Å². The van der Waals surface area contributed by atoms with Crippen molar-refractivity contribution in [1.29, 1.82) is 0 Å². The number of hydrogen-bond donors (Lipinski definition) is 4. The van der Waals surface area contributed by atoms with E-state index < -0.39 is 30.3 Å². The van der Waals surface area contributed by atoms with Gasteiger partial charge >= 0.3 is 6.09 Å². The molecule has 2 aliphatic rings. The number of carbonyl (C=O) groups excluding carboxylic acids is 2. The lowest BCUT2D eigenvalue weighted by Crippen LogP contribution is -2.38. The Morgan fingerprint density at radius 2 is 1.84 bits per heavy atom. The quantitative estimate of drug-likeness (QED) is 0.204. The maximum atomic E-state index is 13.1. The van der Waals surface area contributed by atoms with Crippen LogP contribution >= 0.6 is 0 Å². The van der Waals surface area contributed by atoms with E-state index in [0.29, 0.717) is 41.9 Å². The summed E-state index contributed by atoms with van der Waals surface area (Å²) in [5, 5.41) is 28.3. The van der Waals surface area contributed by atoms with Crippen LogP contribution < -0.4 is 16.0 Å². The molecule has 2 heterocycles. The number of amides is 2. The van der Waals surface area contributed by atoms with Gasteiger partial charge < -0.3 is 40.4 Å². The van der Waals surface area contributed by atoms with Crippen molar-refractivity contribution in [2.24, 2.45) is 16.8 Å². The Balaban J connectivity index is 2.20. The highest BCUT2D eigenvalue weighted by molar-refractivity contribution is 6.05. The molecule has 1 unspecified atom stereocenters. The number of nitrogens with two attached hydrogens (primary N) is 1. The molecule has 1 fully saturated rings. The summed E-state index contributed by atoms with van der Waals surface area (Å²) in [7, 11) is 2.92. The van der Waals surface area contributed by atoms with Crippen LogP contribution in [-0.4, -0.2) is 67.8 Å². The second-order valence-electron chi connectivity index (χ2n) is 11.0. The van der Waals surface area contributed by atoms with Crippen molar-refractivity contribution in [3.63, 3.8) is 0 Å². The number of benzene rings is 1. The van der Waals surface area contributed by atoms with Crippen LogP contribution in [-0.2, 0) is 19.0 Å². The van der Waals surface area contributed by atoms with Gasteiger partial charge in [0, 0.05) is 50.9 Å². The molecule has 0 radical (unpaired) electrons. The first-order valence-corrected chi connectivity index (χ1v) is 14.1. The molecule has 0 aromatic heterocycles. The lowest BCUT2D eigenvalue weighted by molar-refractivity contribution is -0.112. The van der Waals surface area contributed by atoms with E-state index in [1.807, 2.05) is 18.7 Å². The summed E-state index contributed by atoms with van der Waals surface area (Å²) in [6, 6.07) is 1.33. The molecular weight excluding hydrogens is 556 g/mol. The first kappa shape index (κ1) is 33.3. The number of nitrogens with zero attached hydrogens (tertiary/aromatic N) is 2. The molecule has 2 aliphatic heterocycles. The van der Waals surface area contributed by atoms with Gasteiger partial charge in [-0.15, -0.1) is 4.91 Å². The lowest BCUT2D eigenvalue weighted by Gasteiger charge is -2.35. The Hall–Kier alpha value is -4.16. The number of rotatable bonds is 5. The number of nitrogens with one attached hydrogen (secondary N) is 1. The summed E-state index contributed by atoms with van der Waals surface area (Å²) in [4.78, 5) is 38.9. The summed E-state index contributed by atoms with van der Waals surface area (Å²) in [6.07, 6.45) is 4.69. The van der Waals surface area contributed by atoms with Gasteiger partial charge in [-0.05, 0) is 56.4 Å². The van der Waals surface area contributed by atoms with Crippen LogP contribution in [0.15, 0.2) is 51.9 Å². The highest BCUT2D eigenvalue weighted by atomic mass is 16.6. The number of aromatic hydroxyl groups is 2. The third-order valence-electron chi connectivity index (χ3n) is 7.78. The molecule has 1 saturated heterocycles. The molecule has 2 bridgehead atoms. The Labute approximate surface area is 251 Å². The van der Waals surface area contributed by atoms with Crippen molar-refractivity contribution in [1.82, 2.24) is 0 Å². The fourth-order valence-electron chi connectivity index (χ4n) is 5.35. The smallest absolute Gasteiger partial charge is 0.404 e. The van der Waals surface area contributed by atoms with E-state index in [0.717, 1.165) is 12.0 Å². The standard InChI is InChI=1S/C31H42N4O8/c1-17-13-21-27(35-11-8-12-35)23(36)16-22(28(21)37)33-30(38)18(2)9-7-10-24(41-5)29(43-31(32)39)20(4)15-19(3)26(34-40)25(14-17)42-6/h7,9-10,13,16,20,24-25,29,36-37H,8,11-12,14-15H2,1-6H3,(H2,32,39)(H,33,38)/b10-7-,17-13-,18-9+,26-19+/t20?,24-,25-,29-/m0/s1. The maximum absolute atomic E-state index is 13.1. The number of primary amides is 1. The Kier molecular flexibility index (Phi) is 11.5. The first-order valence-electron chi connectivity index (χ1n) is 14.1. The van der Waals surface area contributed by atoms with Crippen molar-refractivity contribution in [2.45, 2.75) is 65.3 Å². The molecule has 1 aromatic carbocycles. The summed E-state index contributed by atoms with van der Waals surface area (Å²) >= 11 is 0. The van der Waals surface area contributed by atoms with E-state index >= 15 is 0 Å². The van der Waals surface area contributed by atoms with Crippen LogP contribution in [0.1, 0.15) is 52.5 Å². The average Bonchev–Trinajstić information content (AvgIpc) is 2.92. The van der Waals surface area contributed by atoms with E-state index in [1.165, 1.54) is 20.3 Å². The normalized spacial score (nSPS) is 28.9. The van der Waals surface area contributed by atoms with Gasteiger partial charge in [0.25, 0.3) is 5.91 Å². The minimum Gasteiger partial charge on any atom is -0.506 e. The molecule has 0 saturated carbocycles. The summed E-state index contributed by atoms with van der Waals surface area (Å²) in [5.74, 6) is -1.16. The molecule has 5 N–H and O–H groups in total. The molecule has 0 spiro atoms. The minimum absolute atomic E-state index is 0.0354. The predicted molar refractivity (Wildman–Crippen MR) is 165 cm³/mol. The molecule has 12 nitrogen and oxygen atoms in total. The zero-order valence-electron chi connectivity index (χ0n) is 25.5. The summed E-state index contributed by atoms with van der Waals surface area (Å²) in [6.45, 7) is 8.41. The number of hydrogen-bond acceptors (Lipinski definition) is 10. The van der Waals surface area contributed by atoms with Crippen molar-refractivity contribution in [3.8, 4) is 11.5 Å². The number of nitroso groups, excluding NO2 is 1. The largest absolute Gasteiger partial charge is 0.506 e. The molecule has 3 rings (SSSR count). The first-order chi connectivity index (χ1) is 20.4. The highest BCUT2D eigenvalue weighted by Gasteiger charge is 2.31. The molecule has 4 atom stereocenters. The van der Waals surface area contributed by atoms with Crippen molar-refractivity contribution in [2.75, 3.05) is 37.5 Å². The van der Waals surface area contributed by atoms with Crippen molar-refractivity contribution < 1.29 is 34.0 Å². The Morgan fingerprint density at radius 1 is 1.14 bits per heavy atom. The van der Waals surface area contributed by atoms with Crippen molar-refractivity contribution >= 4 is 29.5 Å². The third kappa shape index (κ3) is 8.02. The van der Waals surface area contributed by atoms with E-state index in [1.54, 1.807) is 38.2 Å². The average molecular weight is 599 g/mol. The topological polar surface area (TPSA) is 173 Å². The third-order valence-corrected chi connectivity index (χ3v) is 7.78. The van der Waals surface area contributed by atoms with Crippen LogP contribution in [0.3, 0.4) is 0 Å². The zero-order valence-corrected chi connectivity index (χ0v) is 25.5. The number of fused-ring (bicyclic) bond motifs is 2. The van der Waals surface area contributed by atoms with Gasteiger partial charge in [-0.25, -0.2) is 4.79 Å². The van der Waals surface area contributed by atoms with E-state index in [2.05, 4.69) is 10.5 Å². The van der Waals surface area contributed by atoms with Crippen molar-refractivity contribution in [3.05, 3.63) is 57.2 Å². The fraction of sp³-hybridized carbons (Fsp3) is 0.484. The van der Waals surface area contributed by atoms with E-state index in [9.17, 15) is 24.7 Å². The number of phenols is 2. The number of allylic oxidation sites excluding steroid dienone is 3. The number of methoxy groups -OCH3 is 2. The second-order valence-corrected chi connectivity index (χ2v) is 11.0. The Bertz CT molecular complexity index is 1350. The monoisotopic (exact) mass is 598 g/mol. The predicted octanol–water partition coefficient (Wildman–Crippen LogP) is 5.12. The number of ether oxygens (including phenoxy) is 3. The van der Waals surface area contributed by atoms with Crippen LogP contribution in [0.5, 0.6) is 11.5 Å². The van der Waals surface area contributed by atoms with Gasteiger partial charge in [-0.3, -0.25) is 4.79 Å². The lowest BCUT2D eigenvalue weighted by atomic mass is 9.90. The minimum atomic E-state index is -0.981.